The summed E-state index contributed by atoms with van der Waals surface area (Å²) in [5.41, 5.74) is 1.79. The maximum absolute atomic E-state index is 4.93. The zero-order valence-corrected chi connectivity index (χ0v) is 8.58. The molecular formula is C9H10N4S. The van der Waals surface area contributed by atoms with Crippen LogP contribution in [-0.4, -0.2) is 19.7 Å². The van der Waals surface area contributed by atoms with Gasteiger partial charge in [0.1, 0.15) is 5.69 Å². The Bertz CT molecular complexity index is 485. The Hall–Kier alpha value is -1.49. The Balaban J connectivity index is 2.44. The van der Waals surface area contributed by atoms with Crippen LogP contribution in [0.3, 0.4) is 0 Å². The first kappa shape index (κ1) is 9.08. The molecule has 0 saturated carbocycles. The number of aromatic nitrogens is 4. The first-order valence-electron chi connectivity index (χ1n) is 4.39. The molecule has 1 N–H and O–H groups in total. The normalized spacial score (nSPS) is 10.4. The molecule has 4 nitrogen and oxygen atoms in total. The third-order valence-corrected chi connectivity index (χ3v) is 2.12. The fraction of sp³-hybridized carbons (Fsp3) is 0.222. The predicted octanol–water partition coefficient (Wildman–Crippen LogP) is 2.02. The van der Waals surface area contributed by atoms with Crippen LogP contribution in [0.5, 0.6) is 0 Å². The van der Waals surface area contributed by atoms with Crippen LogP contribution in [0.4, 0.5) is 0 Å². The van der Waals surface area contributed by atoms with Crippen LogP contribution in [-0.2, 0) is 6.54 Å². The fourth-order valence-electron chi connectivity index (χ4n) is 1.20. The Labute approximate surface area is 86.6 Å². The number of nitrogens with one attached hydrogen (secondary N) is 1. The topological polar surface area (TPSA) is 46.5 Å². The van der Waals surface area contributed by atoms with E-state index in [0.717, 1.165) is 17.9 Å². The summed E-state index contributed by atoms with van der Waals surface area (Å²) in [6.07, 6.45) is 3.62. The summed E-state index contributed by atoms with van der Waals surface area (Å²) in [6.45, 7) is 2.91. The van der Waals surface area contributed by atoms with Gasteiger partial charge in [0, 0.05) is 18.9 Å². The number of hydrogen-bond donors (Lipinski definition) is 1. The zero-order chi connectivity index (χ0) is 9.97. The molecule has 0 spiro atoms. The molecule has 5 heteroatoms. The maximum Gasteiger partial charge on any atom is 0.197 e. The first-order chi connectivity index (χ1) is 6.79. The van der Waals surface area contributed by atoms with Gasteiger partial charge in [0.2, 0.25) is 0 Å². The van der Waals surface area contributed by atoms with Crippen molar-refractivity contribution < 1.29 is 0 Å². The van der Waals surface area contributed by atoms with Crippen molar-refractivity contribution in [1.82, 2.24) is 19.7 Å². The third-order valence-electron chi connectivity index (χ3n) is 1.92. The van der Waals surface area contributed by atoms with Gasteiger partial charge in [-0.3, -0.25) is 4.68 Å². The van der Waals surface area contributed by atoms with Gasteiger partial charge in [-0.05, 0) is 31.3 Å². The molecular weight excluding hydrogens is 196 g/mol. The molecule has 0 aliphatic carbocycles. The van der Waals surface area contributed by atoms with Crippen molar-refractivity contribution in [3.8, 4) is 11.4 Å². The molecule has 2 aromatic rings. The summed E-state index contributed by atoms with van der Waals surface area (Å²) < 4.78 is 2.35. The predicted molar refractivity (Wildman–Crippen MR) is 56.3 cm³/mol. The van der Waals surface area contributed by atoms with Gasteiger partial charge in [-0.15, -0.1) is 0 Å². The van der Waals surface area contributed by atoms with Gasteiger partial charge in [0.05, 0.1) is 5.69 Å². The second-order valence-electron chi connectivity index (χ2n) is 2.85. The molecule has 0 aromatic carbocycles. The second kappa shape index (κ2) is 3.71. The van der Waals surface area contributed by atoms with Crippen molar-refractivity contribution in [2.24, 2.45) is 0 Å². The van der Waals surface area contributed by atoms with Crippen LogP contribution in [0.25, 0.3) is 11.4 Å². The van der Waals surface area contributed by atoms with Crippen LogP contribution in [0, 0.1) is 4.77 Å². The molecule has 14 heavy (non-hydrogen) atoms. The minimum Gasteiger partial charge on any atom is -0.329 e. The lowest BCUT2D eigenvalue weighted by Crippen LogP contribution is -1.94. The molecule has 0 saturated heterocycles. The van der Waals surface area contributed by atoms with Gasteiger partial charge in [0.15, 0.2) is 4.77 Å². The highest BCUT2D eigenvalue weighted by Crippen LogP contribution is 2.12. The first-order valence-corrected chi connectivity index (χ1v) is 4.79. The summed E-state index contributed by atoms with van der Waals surface area (Å²) in [4.78, 5) is 6.91. The summed E-state index contributed by atoms with van der Waals surface area (Å²) >= 11 is 4.93. The van der Waals surface area contributed by atoms with Crippen LogP contribution >= 0.6 is 12.2 Å². The van der Waals surface area contributed by atoms with Crippen LogP contribution in [0.2, 0.25) is 0 Å². The molecule has 0 aliphatic rings. The lowest BCUT2D eigenvalue weighted by atomic mass is 10.3. The van der Waals surface area contributed by atoms with Crippen molar-refractivity contribution in [3.63, 3.8) is 0 Å². The van der Waals surface area contributed by atoms with E-state index in [-0.39, 0.29) is 0 Å². The monoisotopic (exact) mass is 206 g/mol. The van der Waals surface area contributed by atoms with E-state index in [1.807, 2.05) is 29.9 Å². The van der Waals surface area contributed by atoms with Gasteiger partial charge in [0.25, 0.3) is 0 Å². The van der Waals surface area contributed by atoms with E-state index in [4.69, 9.17) is 12.2 Å². The highest BCUT2D eigenvalue weighted by atomic mass is 32.1. The van der Waals surface area contributed by atoms with Crippen LogP contribution in [0.15, 0.2) is 24.5 Å². The Kier molecular flexibility index (Phi) is 2.41. The van der Waals surface area contributed by atoms with E-state index >= 15 is 0 Å². The number of aryl methyl sites for hydroxylation is 1. The molecule has 0 atom stereocenters. The van der Waals surface area contributed by atoms with E-state index in [1.165, 1.54) is 0 Å². The van der Waals surface area contributed by atoms with Gasteiger partial charge in [-0.25, -0.2) is 4.98 Å². The summed E-state index contributed by atoms with van der Waals surface area (Å²) in [7, 11) is 0. The maximum atomic E-state index is 4.93. The largest absolute Gasteiger partial charge is 0.329 e. The molecule has 0 fully saturated rings. The summed E-state index contributed by atoms with van der Waals surface area (Å²) in [5, 5.41) is 4.35. The quantitative estimate of drug-likeness (QED) is 0.765. The average molecular weight is 206 g/mol. The second-order valence-corrected chi connectivity index (χ2v) is 3.23. The molecule has 2 rings (SSSR count). The zero-order valence-electron chi connectivity index (χ0n) is 7.77. The molecule has 72 valence electrons. The molecule has 0 amide bonds. The molecule has 0 radical (unpaired) electrons. The van der Waals surface area contributed by atoms with Crippen molar-refractivity contribution in [2.45, 2.75) is 13.5 Å². The van der Waals surface area contributed by atoms with Crippen molar-refractivity contribution in [3.05, 3.63) is 29.3 Å². The van der Waals surface area contributed by atoms with E-state index in [0.29, 0.717) is 4.77 Å². The van der Waals surface area contributed by atoms with Gasteiger partial charge >= 0.3 is 0 Å². The number of nitrogens with zero attached hydrogens (tertiary/aromatic N) is 3. The Morgan fingerprint density at radius 3 is 3.00 bits per heavy atom. The number of hydrogen-bond acceptors (Lipinski definition) is 3. The highest BCUT2D eigenvalue weighted by Gasteiger charge is 2.00. The van der Waals surface area contributed by atoms with E-state index in [2.05, 4.69) is 15.1 Å². The van der Waals surface area contributed by atoms with Crippen molar-refractivity contribution in [1.29, 1.82) is 0 Å². The van der Waals surface area contributed by atoms with Crippen LogP contribution < -0.4 is 0 Å². The molecule has 0 aliphatic heterocycles. The number of aromatic amines is 1. The van der Waals surface area contributed by atoms with E-state index in [1.54, 1.807) is 6.20 Å². The molecule has 2 heterocycles. The van der Waals surface area contributed by atoms with E-state index in [9.17, 15) is 0 Å². The number of rotatable bonds is 2. The Morgan fingerprint density at radius 2 is 2.36 bits per heavy atom. The van der Waals surface area contributed by atoms with E-state index < -0.39 is 0 Å². The smallest absolute Gasteiger partial charge is 0.197 e. The van der Waals surface area contributed by atoms with Crippen molar-refractivity contribution in [2.75, 3.05) is 0 Å². The van der Waals surface area contributed by atoms with Gasteiger partial charge in [-0.1, -0.05) is 0 Å². The van der Waals surface area contributed by atoms with Crippen LogP contribution in [0.1, 0.15) is 6.92 Å². The lowest BCUT2D eigenvalue weighted by Gasteiger charge is -1.96. The standard InChI is InChI=1S/C9H10N4S/c1-2-13-6-4-8(12-13)7-3-5-10-9(14)11-7/h3-6H,2H2,1H3,(H,10,11,14). The average Bonchev–Trinajstić information content (AvgIpc) is 2.66. The highest BCUT2D eigenvalue weighted by molar-refractivity contribution is 7.71. The number of H-pyrrole nitrogens is 1. The summed E-state index contributed by atoms with van der Waals surface area (Å²) in [5.74, 6) is 0. The van der Waals surface area contributed by atoms with Gasteiger partial charge in [-0.2, -0.15) is 5.10 Å². The minimum absolute atomic E-state index is 0.480. The fourth-order valence-corrected chi connectivity index (χ4v) is 1.37. The third kappa shape index (κ3) is 1.72. The minimum atomic E-state index is 0.480. The molecule has 0 unspecified atom stereocenters. The Morgan fingerprint density at radius 1 is 1.50 bits per heavy atom. The molecule has 0 bridgehead atoms. The SMILES string of the molecule is CCn1ccc(-c2ccnc(=S)[nH]2)n1. The van der Waals surface area contributed by atoms with Gasteiger partial charge < -0.3 is 4.98 Å². The molecule has 2 aromatic heterocycles. The summed E-state index contributed by atoms with van der Waals surface area (Å²) in [6, 6.07) is 3.81. The van der Waals surface area contributed by atoms with Crippen molar-refractivity contribution >= 4 is 12.2 Å². The lowest BCUT2D eigenvalue weighted by molar-refractivity contribution is 0.661.